The molecule has 0 saturated carbocycles. The van der Waals surface area contributed by atoms with Crippen molar-refractivity contribution in [3.63, 3.8) is 0 Å². The van der Waals surface area contributed by atoms with Crippen LogP contribution in [0.15, 0.2) is 65.1 Å². The highest BCUT2D eigenvalue weighted by Crippen LogP contribution is 2.26. The molecule has 1 heterocycles. The maximum Gasteiger partial charge on any atom is 0.338 e. The van der Waals surface area contributed by atoms with Crippen LogP contribution in [0.3, 0.4) is 0 Å². The summed E-state index contributed by atoms with van der Waals surface area (Å²) in [6, 6.07) is 20.6. The summed E-state index contributed by atoms with van der Waals surface area (Å²) in [5, 5.41) is 9.45. The molecule has 0 aliphatic heterocycles. The summed E-state index contributed by atoms with van der Waals surface area (Å²) in [5.41, 5.74) is 2.72. The van der Waals surface area contributed by atoms with E-state index in [-0.39, 0.29) is 5.97 Å². The number of hydrogen-bond donors (Lipinski definition) is 0. The molecule has 27 heavy (non-hydrogen) atoms. The van der Waals surface area contributed by atoms with Crippen molar-refractivity contribution in [1.29, 1.82) is 5.26 Å². The highest BCUT2D eigenvalue weighted by atomic mass is 127. The molecule has 0 amide bonds. The first-order valence-corrected chi connectivity index (χ1v) is 9.43. The summed E-state index contributed by atoms with van der Waals surface area (Å²) in [5.74, 6) is 0.912. The predicted molar refractivity (Wildman–Crippen MR) is 113 cm³/mol. The van der Waals surface area contributed by atoms with Crippen LogP contribution in [0.2, 0.25) is 0 Å². The fourth-order valence-electron chi connectivity index (χ4n) is 2.52. The van der Waals surface area contributed by atoms with E-state index >= 15 is 0 Å². The fourth-order valence-corrected chi connectivity index (χ4v) is 2.88. The number of halogens is 1. The summed E-state index contributed by atoms with van der Waals surface area (Å²) in [6.07, 6.45) is 1.72. The van der Waals surface area contributed by atoms with Crippen molar-refractivity contribution in [3.8, 4) is 17.4 Å². The molecule has 0 saturated heterocycles. The van der Waals surface area contributed by atoms with Crippen LogP contribution in [0.4, 0.5) is 0 Å². The van der Waals surface area contributed by atoms with E-state index in [4.69, 9.17) is 9.15 Å². The minimum absolute atomic E-state index is 0.344. The van der Waals surface area contributed by atoms with Crippen molar-refractivity contribution < 1.29 is 13.9 Å². The molecule has 3 aromatic rings. The topological polar surface area (TPSA) is 63.2 Å². The lowest BCUT2D eigenvalue weighted by atomic mass is 10.1. The van der Waals surface area contributed by atoms with Gasteiger partial charge in [-0.1, -0.05) is 24.3 Å². The predicted octanol–water partition coefficient (Wildman–Crippen LogP) is 5.79. The number of nitriles is 1. The highest BCUT2D eigenvalue weighted by Gasteiger charge is 2.09. The zero-order valence-electron chi connectivity index (χ0n) is 14.6. The molecule has 134 valence electrons. The van der Waals surface area contributed by atoms with E-state index < -0.39 is 0 Å². The number of nitrogens with zero attached hydrogens (tertiary/aromatic N) is 1. The number of carbonyl (C=O) groups excluding carboxylic acids is 1. The summed E-state index contributed by atoms with van der Waals surface area (Å²) in [7, 11) is 0. The lowest BCUT2D eigenvalue weighted by Gasteiger charge is -2.02. The molecular formula is C22H16INO3. The molecule has 0 atom stereocenters. The highest BCUT2D eigenvalue weighted by molar-refractivity contribution is 14.1. The quantitative estimate of drug-likeness (QED) is 0.270. The van der Waals surface area contributed by atoms with Gasteiger partial charge in [-0.25, -0.2) is 4.79 Å². The molecule has 0 aliphatic rings. The normalized spacial score (nSPS) is 11.1. The van der Waals surface area contributed by atoms with Crippen LogP contribution in [0.25, 0.3) is 23.0 Å². The Balaban J connectivity index is 1.82. The molecule has 0 unspecified atom stereocenters. The number of carbonyl (C=O) groups is 1. The Morgan fingerprint density at radius 2 is 1.74 bits per heavy atom. The first-order valence-electron chi connectivity index (χ1n) is 8.36. The monoisotopic (exact) mass is 469 g/mol. The summed E-state index contributed by atoms with van der Waals surface area (Å²) in [6.45, 7) is 2.12. The molecule has 1 aromatic heterocycles. The standard InChI is InChI=1S/C22H16INO3/c1-2-26-22(25)17-5-3-16(4-6-17)21-12-11-20(27-21)13-18(14-24)15-7-9-19(23)10-8-15/h3-13H,2H2,1H3/b18-13-. The van der Waals surface area contributed by atoms with Gasteiger partial charge in [-0.2, -0.15) is 5.26 Å². The maximum atomic E-state index is 11.7. The number of ether oxygens (including phenoxy) is 1. The fraction of sp³-hybridized carbons (Fsp3) is 0.0909. The molecule has 0 radical (unpaired) electrons. The molecule has 5 heteroatoms. The van der Waals surface area contributed by atoms with Crippen molar-refractivity contribution in [2.24, 2.45) is 0 Å². The minimum Gasteiger partial charge on any atom is -0.462 e. The van der Waals surface area contributed by atoms with Gasteiger partial charge in [0, 0.05) is 9.13 Å². The largest absolute Gasteiger partial charge is 0.462 e. The number of esters is 1. The van der Waals surface area contributed by atoms with Crippen LogP contribution in [0.1, 0.15) is 28.6 Å². The molecule has 3 rings (SSSR count). The van der Waals surface area contributed by atoms with Gasteiger partial charge in [0.05, 0.1) is 23.8 Å². The third kappa shape index (κ3) is 4.66. The van der Waals surface area contributed by atoms with Gasteiger partial charge in [-0.05, 0) is 77.6 Å². The SMILES string of the molecule is CCOC(=O)c1ccc(-c2ccc(/C=C(/C#N)c3ccc(I)cc3)o2)cc1. The van der Waals surface area contributed by atoms with Crippen molar-refractivity contribution in [2.45, 2.75) is 6.92 Å². The Bertz CT molecular complexity index is 1010. The molecule has 0 N–H and O–H groups in total. The molecule has 0 spiro atoms. The second kappa shape index (κ2) is 8.69. The zero-order chi connectivity index (χ0) is 19.2. The second-order valence-electron chi connectivity index (χ2n) is 5.68. The molecule has 0 aliphatic carbocycles. The number of rotatable bonds is 5. The van der Waals surface area contributed by atoms with Crippen molar-refractivity contribution in [1.82, 2.24) is 0 Å². The first kappa shape index (κ1) is 18.9. The van der Waals surface area contributed by atoms with E-state index in [1.807, 2.05) is 48.5 Å². The van der Waals surface area contributed by atoms with E-state index in [1.165, 1.54) is 0 Å². The van der Waals surface area contributed by atoms with E-state index in [1.54, 1.807) is 25.1 Å². The molecule has 0 bridgehead atoms. The number of allylic oxidation sites excluding steroid dienone is 1. The third-order valence-corrected chi connectivity index (χ3v) is 4.59. The van der Waals surface area contributed by atoms with Gasteiger partial charge in [-0.15, -0.1) is 0 Å². The van der Waals surface area contributed by atoms with Crippen LogP contribution in [-0.2, 0) is 4.74 Å². The van der Waals surface area contributed by atoms with Gasteiger partial charge >= 0.3 is 5.97 Å². The molecular weight excluding hydrogens is 453 g/mol. The maximum absolute atomic E-state index is 11.7. The Hall–Kier alpha value is -2.85. The Morgan fingerprint density at radius 3 is 2.37 bits per heavy atom. The third-order valence-electron chi connectivity index (χ3n) is 3.87. The van der Waals surface area contributed by atoms with E-state index in [9.17, 15) is 10.1 Å². The lowest BCUT2D eigenvalue weighted by molar-refractivity contribution is 0.0526. The van der Waals surface area contributed by atoms with Crippen LogP contribution in [0.5, 0.6) is 0 Å². The van der Waals surface area contributed by atoms with Gasteiger partial charge in [0.25, 0.3) is 0 Å². The number of hydrogen-bond acceptors (Lipinski definition) is 4. The van der Waals surface area contributed by atoms with Gasteiger partial charge < -0.3 is 9.15 Å². The molecule has 4 nitrogen and oxygen atoms in total. The summed E-state index contributed by atoms with van der Waals surface area (Å²) < 4.78 is 11.9. The first-order chi connectivity index (χ1) is 13.1. The van der Waals surface area contributed by atoms with E-state index in [2.05, 4.69) is 28.7 Å². The zero-order valence-corrected chi connectivity index (χ0v) is 16.8. The van der Waals surface area contributed by atoms with Crippen LogP contribution >= 0.6 is 22.6 Å². The van der Waals surface area contributed by atoms with E-state index in [0.29, 0.717) is 29.3 Å². The number of benzene rings is 2. The smallest absolute Gasteiger partial charge is 0.338 e. The van der Waals surface area contributed by atoms with Crippen molar-refractivity contribution in [2.75, 3.05) is 6.61 Å². The van der Waals surface area contributed by atoms with Gasteiger partial charge in [0.1, 0.15) is 11.5 Å². The second-order valence-corrected chi connectivity index (χ2v) is 6.92. The summed E-state index contributed by atoms with van der Waals surface area (Å²) in [4.78, 5) is 11.7. The lowest BCUT2D eigenvalue weighted by Crippen LogP contribution is -2.03. The van der Waals surface area contributed by atoms with Crippen LogP contribution < -0.4 is 0 Å². The van der Waals surface area contributed by atoms with Gasteiger partial charge in [-0.3, -0.25) is 0 Å². The molecule has 2 aromatic carbocycles. The van der Waals surface area contributed by atoms with Gasteiger partial charge in [0.15, 0.2) is 0 Å². The van der Waals surface area contributed by atoms with Gasteiger partial charge in [0.2, 0.25) is 0 Å². The Morgan fingerprint density at radius 1 is 1.07 bits per heavy atom. The van der Waals surface area contributed by atoms with Crippen molar-refractivity contribution >= 4 is 40.2 Å². The average molecular weight is 469 g/mol. The van der Waals surface area contributed by atoms with Crippen LogP contribution in [-0.4, -0.2) is 12.6 Å². The molecule has 0 fully saturated rings. The number of furan rings is 1. The van der Waals surface area contributed by atoms with Crippen molar-refractivity contribution in [3.05, 3.63) is 81.1 Å². The Kier molecular flexibility index (Phi) is 6.09. The Labute approximate surface area is 171 Å². The van der Waals surface area contributed by atoms with Crippen LogP contribution in [0, 0.1) is 14.9 Å². The van der Waals surface area contributed by atoms with E-state index in [0.717, 1.165) is 14.7 Å². The summed E-state index contributed by atoms with van der Waals surface area (Å²) >= 11 is 2.23. The minimum atomic E-state index is -0.344. The average Bonchev–Trinajstić information content (AvgIpc) is 3.16.